The van der Waals surface area contributed by atoms with Gasteiger partial charge in [-0.1, -0.05) is 0 Å². The SMILES string of the molecule is CN(C)c1ccc(NC(=O)CN2CCCC2C(C)(C)O)cc1. The first kappa shape index (κ1) is 16.8. The van der Waals surface area contributed by atoms with Gasteiger partial charge in [0.1, 0.15) is 0 Å². The molecule has 1 heterocycles. The van der Waals surface area contributed by atoms with Crippen LogP contribution in [-0.4, -0.2) is 54.7 Å². The zero-order valence-corrected chi connectivity index (χ0v) is 14.0. The number of carbonyl (C=O) groups is 1. The van der Waals surface area contributed by atoms with E-state index in [2.05, 4.69) is 10.2 Å². The van der Waals surface area contributed by atoms with E-state index in [1.54, 1.807) is 0 Å². The second-order valence-electron chi connectivity index (χ2n) is 6.77. The highest BCUT2D eigenvalue weighted by atomic mass is 16.3. The summed E-state index contributed by atoms with van der Waals surface area (Å²) in [5, 5.41) is 13.1. The van der Waals surface area contributed by atoms with Crippen LogP contribution in [0.1, 0.15) is 26.7 Å². The lowest BCUT2D eigenvalue weighted by Gasteiger charge is -2.33. The summed E-state index contributed by atoms with van der Waals surface area (Å²) in [6.45, 7) is 4.81. The second-order valence-corrected chi connectivity index (χ2v) is 6.77. The van der Waals surface area contributed by atoms with Gasteiger partial charge < -0.3 is 15.3 Å². The summed E-state index contributed by atoms with van der Waals surface area (Å²) in [5.74, 6) is -0.0336. The van der Waals surface area contributed by atoms with Crippen LogP contribution in [-0.2, 0) is 4.79 Å². The molecule has 122 valence electrons. The van der Waals surface area contributed by atoms with E-state index in [4.69, 9.17) is 0 Å². The van der Waals surface area contributed by atoms with Crippen LogP contribution in [0.5, 0.6) is 0 Å². The largest absolute Gasteiger partial charge is 0.389 e. The summed E-state index contributed by atoms with van der Waals surface area (Å²) in [5.41, 5.74) is 1.12. The molecule has 1 saturated heterocycles. The summed E-state index contributed by atoms with van der Waals surface area (Å²) < 4.78 is 0. The number of likely N-dealkylation sites (tertiary alicyclic amines) is 1. The Hall–Kier alpha value is -1.59. The molecule has 1 aromatic rings. The fourth-order valence-corrected chi connectivity index (χ4v) is 3.04. The topological polar surface area (TPSA) is 55.8 Å². The van der Waals surface area contributed by atoms with Crippen LogP contribution in [0.25, 0.3) is 0 Å². The maximum atomic E-state index is 12.2. The highest BCUT2D eigenvalue weighted by Gasteiger charge is 2.36. The van der Waals surface area contributed by atoms with Gasteiger partial charge in [-0.05, 0) is 57.5 Å². The van der Waals surface area contributed by atoms with Crippen molar-refractivity contribution in [3.63, 3.8) is 0 Å². The van der Waals surface area contributed by atoms with E-state index in [9.17, 15) is 9.90 Å². The molecule has 1 aliphatic rings. The van der Waals surface area contributed by atoms with E-state index < -0.39 is 5.60 Å². The molecule has 1 atom stereocenters. The Morgan fingerprint density at radius 2 is 2.00 bits per heavy atom. The van der Waals surface area contributed by atoms with Crippen LogP contribution in [0.2, 0.25) is 0 Å². The monoisotopic (exact) mass is 305 g/mol. The van der Waals surface area contributed by atoms with Crippen molar-refractivity contribution in [1.82, 2.24) is 4.90 Å². The maximum absolute atomic E-state index is 12.2. The minimum atomic E-state index is -0.774. The van der Waals surface area contributed by atoms with Crippen molar-refractivity contribution in [3.8, 4) is 0 Å². The normalized spacial score (nSPS) is 19.2. The van der Waals surface area contributed by atoms with Gasteiger partial charge in [-0.3, -0.25) is 9.69 Å². The molecule has 5 nitrogen and oxygen atoms in total. The third-order valence-electron chi connectivity index (χ3n) is 4.19. The van der Waals surface area contributed by atoms with E-state index in [0.29, 0.717) is 6.54 Å². The average molecular weight is 305 g/mol. The minimum absolute atomic E-state index is 0.0336. The van der Waals surface area contributed by atoms with Crippen LogP contribution in [0.3, 0.4) is 0 Å². The van der Waals surface area contributed by atoms with Gasteiger partial charge in [0.15, 0.2) is 0 Å². The van der Waals surface area contributed by atoms with Gasteiger partial charge in [0.25, 0.3) is 0 Å². The molecular weight excluding hydrogens is 278 g/mol. The number of nitrogens with zero attached hydrogens (tertiary/aromatic N) is 2. The van der Waals surface area contributed by atoms with Crippen molar-refractivity contribution in [3.05, 3.63) is 24.3 Å². The first-order valence-electron chi connectivity index (χ1n) is 7.81. The van der Waals surface area contributed by atoms with Crippen LogP contribution in [0, 0.1) is 0 Å². The quantitative estimate of drug-likeness (QED) is 0.873. The Morgan fingerprint density at radius 1 is 1.36 bits per heavy atom. The Labute approximate surface area is 132 Å². The Bertz CT molecular complexity index is 506. The number of aliphatic hydroxyl groups is 1. The standard InChI is InChI=1S/C17H27N3O2/c1-17(2,22)15-6-5-11-20(15)12-16(21)18-13-7-9-14(10-8-13)19(3)4/h7-10,15,22H,5-6,11-12H2,1-4H3,(H,18,21). The lowest BCUT2D eigenvalue weighted by molar-refractivity contribution is -0.118. The summed E-state index contributed by atoms with van der Waals surface area (Å²) in [4.78, 5) is 16.3. The molecule has 5 heteroatoms. The van der Waals surface area contributed by atoms with Crippen molar-refractivity contribution in [2.75, 3.05) is 37.4 Å². The van der Waals surface area contributed by atoms with Crippen molar-refractivity contribution < 1.29 is 9.90 Å². The van der Waals surface area contributed by atoms with Gasteiger partial charge in [-0.2, -0.15) is 0 Å². The molecule has 0 spiro atoms. The predicted octanol–water partition coefficient (Wildman–Crippen LogP) is 1.93. The minimum Gasteiger partial charge on any atom is -0.389 e. The molecule has 2 N–H and O–H groups in total. The van der Waals surface area contributed by atoms with Crippen molar-refractivity contribution in [2.45, 2.75) is 38.3 Å². The molecule has 0 aliphatic carbocycles. The van der Waals surface area contributed by atoms with Gasteiger partial charge in [-0.25, -0.2) is 0 Å². The predicted molar refractivity (Wildman–Crippen MR) is 90.3 cm³/mol. The van der Waals surface area contributed by atoms with Crippen molar-refractivity contribution in [1.29, 1.82) is 0 Å². The smallest absolute Gasteiger partial charge is 0.238 e. The fourth-order valence-electron chi connectivity index (χ4n) is 3.04. The highest BCUT2D eigenvalue weighted by Crippen LogP contribution is 2.26. The van der Waals surface area contributed by atoms with E-state index >= 15 is 0 Å². The molecule has 0 radical (unpaired) electrons. The lowest BCUT2D eigenvalue weighted by atomic mass is 9.97. The number of hydrogen-bond acceptors (Lipinski definition) is 4. The fraction of sp³-hybridized carbons (Fsp3) is 0.588. The number of rotatable bonds is 5. The molecule has 1 aromatic carbocycles. The van der Waals surface area contributed by atoms with Crippen LogP contribution >= 0.6 is 0 Å². The van der Waals surface area contributed by atoms with Gasteiger partial charge in [0, 0.05) is 31.5 Å². The summed E-state index contributed by atoms with van der Waals surface area (Å²) >= 11 is 0. The van der Waals surface area contributed by atoms with Crippen LogP contribution in [0.15, 0.2) is 24.3 Å². The molecule has 22 heavy (non-hydrogen) atoms. The number of amides is 1. The summed E-state index contributed by atoms with van der Waals surface area (Å²) in [6, 6.07) is 7.82. The molecule has 1 aliphatic heterocycles. The molecule has 1 amide bonds. The number of anilines is 2. The third-order valence-corrected chi connectivity index (χ3v) is 4.19. The number of carbonyl (C=O) groups excluding carboxylic acids is 1. The van der Waals surface area contributed by atoms with Gasteiger partial charge in [-0.15, -0.1) is 0 Å². The first-order valence-corrected chi connectivity index (χ1v) is 7.81. The van der Waals surface area contributed by atoms with Crippen molar-refractivity contribution >= 4 is 17.3 Å². The number of hydrogen-bond donors (Lipinski definition) is 2. The van der Waals surface area contributed by atoms with Crippen LogP contribution in [0.4, 0.5) is 11.4 Å². The Kier molecular flexibility index (Phi) is 5.08. The summed E-state index contributed by atoms with van der Waals surface area (Å²) in [7, 11) is 3.97. The van der Waals surface area contributed by atoms with Crippen molar-refractivity contribution in [2.24, 2.45) is 0 Å². The van der Waals surface area contributed by atoms with Crippen LogP contribution < -0.4 is 10.2 Å². The average Bonchev–Trinajstić information content (AvgIpc) is 2.87. The lowest BCUT2D eigenvalue weighted by Crippen LogP contribution is -2.48. The highest BCUT2D eigenvalue weighted by molar-refractivity contribution is 5.92. The Morgan fingerprint density at radius 3 is 2.55 bits per heavy atom. The molecule has 0 saturated carbocycles. The first-order chi connectivity index (χ1) is 10.3. The molecular formula is C17H27N3O2. The molecule has 0 aromatic heterocycles. The zero-order valence-electron chi connectivity index (χ0n) is 14.0. The Balaban J connectivity index is 1.92. The van der Waals surface area contributed by atoms with Gasteiger partial charge in [0.2, 0.25) is 5.91 Å². The third kappa shape index (κ3) is 4.21. The zero-order chi connectivity index (χ0) is 16.3. The second kappa shape index (κ2) is 6.67. The maximum Gasteiger partial charge on any atom is 0.238 e. The molecule has 1 unspecified atom stereocenters. The van der Waals surface area contributed by atoms with E-state index in [-0.39, 0.29) is 11.9 Å². The van der Waals surface area contributed by atoms with Gasteiger partial charge >= 0.3 is 0 Å². The van der Waals surface area contributed by atoms with E-state index in [0.717, 1.165) is 30.8 Å². The number of benzene rings is 1. The van der Waals surface area contributed by atoms with E-state index in [1.807, 2.05) is 57.1 Å². The molecule has 1 fully saturated rings. The van der Waals surface area contributed by atoms with E-state index in [1.165, 1.54) is 0 Å². The summed E-state index contributed by atoms with van der Waals surface area (Å²) in [6.07, 6.45) is 1.97. The molecule has 2 rings (SSSR count). The molecule has 0 bridgehead atoms. The number of nitrogens with one attached hydrogen (secondary N) is 1. The van der Waals surface area contributed by atoms with Gasteiger partial charge in [0.05, 0.1) is 12.1 Å².